The van der Waals surface area contributed by atoms with Crippen LogP contribution >= 0.6 is 12.2 Å². The van der Waals surface area contributed by atoms with Gasteiger partial charge in [0.2, 0.25) is 4.77 Å². The van der Waals surface area contributed by atoms with Gasteiger partial charge in [0.25, 0.3) is 0 Å². The largest absolute Gasteiger partial charge is 0.488 e. The van der Waals surface area contributed by atoms with Crippen LogP contribution in [-0.4, -0.2) is 27.7 Å². The predicted molar refractivity (Wildman–Crippen MR) is 106 cm³/mol. The summed E-state index contributed by atoms with van der Waals surface area (Å²) in [5, 5.41) is 11.6. The predicted octanol–water partition coefficient (Wildman–Crippen LogP) is 4.25. The van der Waals surface area contributed by atoms with E-state index in [1.807, 2.05) is 54.6 Å². The molecule has 138 valence electrons. The highest BCUT2D eigenvalue weighted by Gasteiger charge is 2.23. The van der Waals surface area contributed by atoms with Crippen molar-refractivity contribution in [3.63, 3.8) is 0 Å². The SMILES string of the molecule is S=c1[nH]nc(C2CCCO2)n1/N=C\c1ccccc1OCc1ccccc1. The maximum Gasteiger partial charge on any atom is 0.216 e. The van der Waals surface area contributed by atoms with Gasteiger partial charge in [-0.3, -0.25) is 5.10 Å². The minimum Gasteiger partial charge on any atom is -0.488 e. The number of aromatic nitrogens is 3. The van der Waals surface area contributed by atoms with E-state index < -0.39 is 0 Å². The normalized spacial score (nSPS) is 16.8. The number of nitrogens with one attached hydrogen (secondary N) is 1. The zero-order chi connectivity index (χ0) is 18.5. The number of rotatable bonds is 6. The highest BCUT2D eigenvalue weighted by molar-refractivity contribution is 7.71. The number of para-hydroxylation sites is 1. The van der Waals surface area contributed by atoms with E-state index in [1.165, 1.54) is 0 Å². The Morgan fingerprint density at radius 3 is 2.85 bits per heavy atom. The first-order valence-corrected chi connectivity index (χ1v) is 9.31. The highest BCUT2D eigenvalue weighted by atomic mass is 32.1. The summed E-state index contributed by atoms with van der Waals surface area (Å²) in [5.41, 5.74) is 1.98. The summed E-state index contributed by atoms with van der Waals surface area (Å²) in [5.74, 6) is 1.47. The van der Waals surface area contributed by atoms with Gasteiger partial charge < -0.3 is 9.47 Å². The fourth-order valence-corrected chi connectivity index (χ4v) is 3.17. The van der Waals surface area contributed by atoms with Crippen molar-refractivity contribution in [1.82, 2.24) is 14.9 Å². The third kappa shape index (κ3) is 4.15. The van der Waals surface area contributed by atoms with Crippen molar-refractivity contribution in [2.75, 3.05) is 6.61 Å². The molecule has 2 heterocycles. The number of H-pyrrole nitrogens is 1. The fraction of sp³-hybridized carbons (Fsp3) is 0.250. The molecule has 1 aromatic heterocycles. The van der Waals surface area contributed by atoms with Gasteiger partial charge in [-0.1, -0.05) is 42.5 Å². The first kappa shape index (κ1) is 17.6. The Kier molecular flexibility index (Phi) is 5.41. The second-order valence-electron chi connectivity index (χ2n) is 6.26. The van der Waals surface area contributed by atoms with Gasteiger partial charge in [0.05, 0.1) is 6.21 Å². The average Bonchev–Trinajstić information content (AvgIpc) is 3.36. The molecule has 4 rings (SSSR count). The molecule has 1 aliphatic rings. The molecule has 27 heavy (non-hydrogen) atoms. The van der Waals surface area contributed by atoms with Gasteiger partial charge in [-0.2, -0.15) is 14.9 Å². The Labute approximate surface area is 162 Å². The fourth-order valence-electron chi connectivity index (χ4n) is 2.98. The van der Waals surface area contributed by atoms with Crippen molar-refractivity contribution < 1.29 is 9.47 Å². The Morgan fingerprint density at radius 2 is 2.04 bits per heavy atom. The summed E-state index contributed by atoms with van der Waals surface area (Å²) in [6, 6.07) is 17.8. The molecule has 0 aliphatic carbocycles. The van der Waals surface area contributed by atoms with Gasteiger partial charge in [0.15, 0.2) is 5.82 Å². The maximum absolute atomic E-state index is 5.98. The third-order valence-electron chi connectivity index (χ3n) is 4.36. The average molecular weight is 380 g/mol. The molecule has 0 saturated carbocycles. The highest BCUT2D eigenvalue weighted by Crippen LogP contribution is 2.27. The van der Waals surface area contributed by atoms with E-state index >= 15 is 0 Å². The summed E-state index contributed by atoms with van der Waals surface area (Å²) >= 11 is 5.32. The molecular formula is C20H20N4O2S. The Morgan fingerprint density at radius 1 is 1.22 bits per heavy atom. The number of benzene rings is 2. The number of ether oxygens (including phenoxy) is 2. The monoisotopic (exact) mass is 380 g/mol. The summed E-state index contributed by atoms with van der Waals surface area (Å²) in [7, 11) is 0. The van der Waals surface area contributed by atoms with Gasteiger partial charge in [-0.25, -0.2) is 0 Å². The number of nitrogens with zero attached hydrogens (tertiary/aromatic N) is 3. The van der Waals surface area contributed by atoms with Crippen LogP contribution in [0.3, 0.4) is 0 Å². The maximum atomic E-state index is 5.98. The molecule has 6 nitrogen and oxygen atoms in total. The van der Waals surface area contributed by atoms with Crippen LogP contribution in [0.4, 0.5) is 0 Å². The lowest BCUT2D eigenvalue weighted by Crippen LogP contribution is -2.05. The molecule has 1 fully saturated rings. The van der Waals surface area contributed by atoms with Crippen LogP contribution in [0.25, 0.3) is 0 Å². The summed E-state index contributed by atoms with van der Waals surface area (Å²) in [6.07, 6.45) is 3.61. The lowest BCUT2D eigenvalue weighted by molar-refractivity contribution is 0.102. The molecule has 7 heteroatoms. The van der Waals surface area contributed by atoms with Gasteiger partial charge in [-0.15, -0.1) is 0 Å². The lowest BCUT2D eigenvalue weighted by Gasteiger charge is -2.10. The molecule has 1 saturated heterocycles. The molecule has 2 aromatic carbocycles. The van der Waals surface area contributed by atoms with E-state index in [9.17, 15) is 0 Å². The van der Waals surface area contributed by atoms with Crippen molar-refractivity contribution >= 4 is 18.4 Å². The second kappa shape index (κ2) is 8.28. The van der Waals surface area contributed by atoms with Gasteiger partial charge in [-0.05, 0) is 42.8 Å². The molecule has 1 atom stereocenters. The molecule has 0 bridgehead atoms. The van der Waals surface area contributed by atoms with Crippen LogP contribution in [0.1, 0.15) is 35.9 Å². The minimum atomic E-state index is -0.0697. The summed E-state index contributed by atoms with van der Waals surface area (Å²) in [6.45, 7) is 1.24. The van der Waals surface area contributed by atoms with Gasteiger partial charge >= 0.3 is 0 Å². The Hall–Kier alpha value is -2.77. The molecule has 0 radical (unpaired) electrons. The third-order valence-corrected chi connectivity index (χ3v) is 4.63. The topological polar surface area (TPSA) is 64.4 Å². The number of hydrogen-bond acceptors (Lipinski definition) is 5. The van der Waals surface area contributed by atoms with Crippen LogP contribution in [0, 0.1) is 4.77 Å². The number of aromatic amines is 1. The van der Waals surface area contributed by atoms with E-state index in [0.717, 1.165) is 36.3 Å². The summed E-state index contributed by atoms with van der Waals surface area (Å²) in [4.78, 5) is 0. The van der Waals surface area contributed by atoms with Crippen LogP contribution in [0.2, 0.25) is 0 Å². The molecule has 0 spiro atoms. The second-order valence-corrected chi connectivity index (χ2v) is 6.64. The first-order valence-electron chi connectivity index (χ1n) is 8.90. The lowest BCUT2D eigenvalue weighted by atomic mass is 10.2. The smallest absolute Gasteiger partial charge is 0.216 e. The van der Waals surface area contributed by atoms with Gasteiger partial charge in [0, 0.05) is 12.2 Å². The minimum absolute atomic E-state index is 0.0697. The van der Waals surface area contributed by atoms with E-state index in [0.29, 0.717) is 17.2 Å². The summed E-state index contributed by atoms with van der Waals surface area (Å²) < 4.78 is 13.8. The van der Waals surface area contributed by atoms with Crippen molar-refractivity contribution in [3.05, 3.63) is 76.3 Å². The zero-order valence-electron chi connectivity index (χ0n) is 14.7. The van der Waals surface area contributed by atoms with E-state index in [2.05, 4.69) is 15.3 Å². The standard InChI is InChI=1S/C20H20N4O2S/c27-20-23-22-19(18-11-6-12-25-18)24(20)21-13-16-9-4-5-10-17(16)26-14-15-7-2-1-3-8-15/h1-5,7-10,13,18H,6,11-12,14H2,(H,23,27)/b21-13-. The van der Waals surface area contributed by atoms with Crippen LogP contribution in [-0.2, 0) is 11.3 Å². The van der Waals surface area contributed by atoms with E-state index in [-0.39, 0.29) is 6.10 Å². The Bertz CT molecular complexity index is 975. The van der Waals surface area contributed by atoms with Gasteiger partial charge in [0.1, 0.15) is 18.5 Å². The first-order chi connectivity index (χ1) is 13.3. The molecule has 0 amide bonds. The van der Waals surface area contributed by atoms with Crippen molar-refractivity contribution in [3.8, 4) is 5.75 Å². The van der Waals surface area contributed by atoms with E-state index in [4.69, 9.17) is 21.7 Å². The van der Waals surface area contributed by atoms with Crippen LogP contribution < -0.4 is 4.74 Å². The van der Waals surface area contributed by atoms with Crippen LogP contribution in [0.15, 0.2) is 59.7 Å². The molecular weight excluding hydrogens is 360 g/mol. The van der Waals surface area contributed by atoms with E-state index in [1.54, 1.807) is 10.9 Å². The van der Waals surface area contributed by atoms with Crippen molar-refractivity contribution in [1.29, 1.82) is 0 Å². The number of hydrogen-bond donors (Lipinski definition) is 1. The zero-order valence-corrected chi connectivity index (χ0v) is 15.6. The van der Waals surface area contributed by atoms with Crippen molar-refractivity contribution in [2.45, 2.75) is 25.6 Å². The molecule has 1 aliphatic heterocycles. The van der Waals surface area contributed by atoms with Crippen molar-refractivity contribution in [2.24, 2.45) is 5.10 Å². The molecule has 3 aromatic rings. The molecule has 1 N–H and O–H groups in total. The Balaban J connectivity index is 1.55. The molecule has 1 unspecified atom stereocenters. The van der Waals surface area contributed by atoms with Crippen LogP contribution in [0.5, 0.6) is 5.75 Å². The quantitative estimate of drug-likeness (QED) is 0.513.